The Kier molecular flexibility index (Phi) is 6.99. The maximum absolute atomic E-state index is 12.9. The molecule has 0 saturated carbocycles. The lowest BCUT2D eigenvalue weighted by molar-refractivity contribution is -0.132. The average molecular weight is 466 g/mol. The van der Waals surface area contributed by atoms with E-state index >= 15 is 0 Å². The Labute approximate surface area is 198 Å². The average Bonchev–Trinajstić information content (AvgIpc) is 3.56. The first kappa shape index (κ1) is 22.7. The van der Waals surface area contributed by atoms with Crippen LogP contribution in [0.15, 0.2) is 33.3 Å². The van der Waals surface area contributed by atoms with E-state index in [2.05, 4.69) is 20.3 Å². The van der Waals surface area contributed by atoms with Crippen LogP contribution in [0.3, 0.4) is 0 Å². The Morgan fingerprint density at radius 3 is 2.68 bits per heavy atom. The first-order chi connectivity index (χ1) is 16.7. The molecule has 0 N–H and O–H groups in total. The van der Waals surface area contributed by atoms with Gasteiger partial charge in [-0.25, -0.2) is 0 Å². The normalized spacial score (nSPS) is 19.4. The van der Waals surface area contributed by atoms with Gasteiger partial charge in [0.2, 0.25) is 23.5 Å². The third kappa shape index (κ3) is 5.35. The van der Waals surface area contributed by atoms with Gasteiger partial charge in [0.25, 0.3) is 0 Å². The third-order valence-corrected chi connectivity index (χ3v) is 6.73. The van der Waals surface area contributed by atoms with Gasteiger partial charge in [0.15, 0.2) is 5.82 Å². The topological polar surface area (TPSA) is 107 Å². The fourth-order valence-electron chi connectivity index (χ4n) is 4.67. The Balaban J connectivity index is 1.11. The second-order valence-corrected chi connectivity index (χ2v) is 9.29. The molecule has 1 aromatic carbocycles. The highest BCUT2D eigenvalue weighted by molar-refractivity contribution is 5.76. The van der Waals surface area contributed by atoms with Gasteiger partial charge in [-0.15, -0.1) is 0 Å². The molecule has 2 saturated heterocycles. The van der Waals surface area contributed by atoms with Crippen LogP contribution in [0.25, 0.3) is 11.4 Å². The van der Waals surface area contributed by atoms with Gasteiger partial charge in [-0.1, -0.05) is 40.1 Å². The zero-order valence-electron chi connectivity index (χ0n) is 19.6. The van der Waals surface area contributed by atoms with Crippen LogP contribution in [-0.4, -0.2) is 57.4 Å². The van der Waals surface area contributed by atoms with Crippen molar-refractivity contribution in [2.75, 3.05) is 26.3 Å². The summed E-state index contributed by atoms with van der Waals surface area (Å²) in [4.78, 5) is 23.9. The number of rotatable bonds is 7. The summed E-state index contributed by atoms with van der Waals surface area (Å²) in [6.07, 6.45) is 5.47. The maximum Gasteiger partial charge on any atom is 0.231 e. The fourth-order valence-corrected chi connectivity index (χ4v) is 4.67. The third-order valence-electron chi connectivity index (χ3n) is 6.73. The number of carbonyl (C=O) groups is 1. The highest BCUT2D eigenvalue weighted by Crippen LogP contribution is 2.30. The zero-order chi connectivity index (χ0) is 23.3. The molecule has 0 spiro atoms. The van der Waals surface area contributed by atoms with E-state index in [1.807, 2.05) is 36.1 Å². The maximum atomic E-state index is 12.9. The molecule has 5 rings (SSSR count). The molecular formula is C25H31N5O4. The fraction of sp³-hybridized carbons (Fsp3) is 0.560. The Hall–Kier alpha value is -3.07. The van der Waals surface area contributed by atoms with Gasteiger partial charge in [-0.2, -0.15) is 9.97 Å². The number of hydrogen-bond donors (Lipinski definition) is 0. The summed E-state index contributed by atoms with van der Waals surface area (Å²) in [5.41, 5.74) is 2.11. The van der Waals surface area contributed by atoms with Crippen molar-refractivity contribution in [3.63, 3.8) is 0 Å². The largest absolute Gasteiger partial charge is 0.381 e. The van der Waals surface area contributed by atoms with E-state index in [0.717, 1.165) is 56.8 Å². The molecule has 1 atom stereocenters. The molecule has 34 heavy (non-hydrogen) atoms. The number of piperidine rings is 1. The first-order valence-corrected chi connectivity index (χ1v) is 12.2. The van der Waals surface area contributed by atoms with Gasteiger partial charge in [0, 0.05) is 50.6 Å². The number of aromatic nitrogens is 4. The Bertz CT molecular complexity index is 1090. The summed E-state index contributed by atoms with van der Waals surface area (Å²) in [6, 6.07) is 8.01. The second-order valence-electron chi connectivity index (χ2n) is 9.29. The molecule has 2 aliphatic rings. The van der Waals surface area contributed by atoms with E-state index in [-0.39, 0.29) is 11.8 Å². The molecular weight excluding hydrogens is 434 g/mol. The number of amides is 1. The van der Waals surface area contributed by atoms with Crippen LogP contribution in [0, 0.1) is 6.92 Å². The van der Waals surface area contributed by atoms with Crippen molar-refractivity contribution in [1.29, 1.82) is 0 Å². The van der Waals surface area contributed by atoms with Crippen LogP contribution < -0.4 is 0 Å². The van der Waals surface area contributed by atoms with E-state index in [0.29, 0.717) is 49.3 Å². The van der Waals surface area contributed by atoms with Crippen molar-refractivity contribution in [3.8, 4) is 11.4 Å². The highest BCUT2D eigenvalue weighted by Gasteiger charge is 2.30. The second kappa shape index (κ2) is 10.5. The lowest BCUT2D eigenvalue weighted by Gasteiger charge is -2.31. The molecule has 3 aromatic rings. The molecule has 0 unspecified atom stereocenters. The molecule has 9 nitrogen and oxygen atoms in total. The van der Waals surface area contributed by atoms with E-state index < -0.39 is 0 Å². The standard InChI is InChI=1S/C25H31N5O4/c1-17-7-9-18(10-8-17)23-26-21(33-28-23)5-2-6-22(31)30-13-3-4-20(16-30)25-27-24(29-34-25)19-11-14-32-15-12-19/h7-10,19-20H,2-6,11-16H2,1H3/t20-/m0/s1. The van der Waals surface area contributed by atoms with Crippen LogP contribution in [-0.2, 0) is 16.0 Å². The van der Waals surface area contributed by atoms with E-state index in [1.165, 1.54) is 5.56 Å². The first-order valence-electron chi connectivity index (χ1n) is 12.2. The van der Waals surface area contributed by atoms with Crippen LogP contribution in [0.2, 0.25) is 0 Å². The van der Waals surface area contributed by atoms with E-state index in [1.54, 1.807) is 0 Å². The van der Waals surface area contributed by atoms with Crippen LogP contribution in [0.5, 0.6) is 0 Å². The molecule has 2 aromatic heterocycles. The van der Waals surface area contributed by atoms with Crippen molar-refractivity contribution in [1.82, 2.24) is 25.2 Å². The number of likely N-dealkylation sites (tertiary alicyclic amines) is 1. The molecule has 2 aliphatic heterocycles. The molecule has 0 bridgehead atoms. The number of carbonyl (C=O) groups excluding carboxylic acids is 1. The molecule has 180 valence electrons. The lowest BCUT2D eigenvalue weighted by Crippen LogP contribution is -2.39. The van der Waals surface area contributed by atoms with Crippen molar-refractivity contribution >= 4 is 5.91 Å². The highest BCUT2D eigenvalue weighted by atomic mass is 16.5. The molecule has 4 heterocycles. The predicted molar refractivity (Wildman–Crippen MR) is 123 cm³/mol. The zero-order valence-corrected chi connectivity index (χ0v) is 19.6. The minimum atomic E-state index is 0.104. The van der Waals surface area contributed by atoms with E-state index in [9.17, 15) is 4.79 Å². The number of ether oxygens (including phenoxy) is 1. The summed E-state index contributed by atoms with van der Waals surface area (Å²) in [5, 5.41) is 8.30. The molecule has 2 fully saturated rings. The Morgan fingerprint density at radius 2 is 1.85 bits per heavy atom. The smallest absolute Gasteiger partial charge is 0.231 e. The van der Waals surface area contributed by atoms with Gasteiger partial charge < -0.3 is 18.7 Å². The van der Waals surface area contributed by atoms with Gasteiger partial charge in [0.05, 0.1) is 5.92 Å². The van der Waals surface area contributed by atoms with Crippen LogP contribution in [0.1, 0.15) is 73.5 Å². The van der Waals surface area contributed by atoms with Crippen molar-refractivity contribution < 1.29 is 18.6 Å². The van der Waals surface area contributed by atoms with E-state index in [4.69, 9.17) is 13.8 Å². The summed E-state index contributed by atoms with van der Waals surface area (Å²) < 4.78 is 16.4. The van der Waals surface area contributed by atoms with Gasteiger partial charge in [0.1, 0.15) is 0 Å². The van der Waals surface area contributed by atoms with Gasteiger partial charge in [-0.05, 0) is 39.0 Å². The van der Waals surface area contributed by atoms with Crippen molar-refractivity contribution in [2.24, 2.45) is 0 Å². The number of aryl methyl sites for hydroxylation is 2. The molecule has 1 amide bonds. The monoisotopic (exact) mass is 465 g/mol. The predicted octanol–water partition coefficient (Wildman–Crippen LogP) is 4.05. The minimum Gasteiger partial charge on any atom is -0.381 e. The van der Waals surface area contributed by atoms with Crippen molar-refractivity contribution in [3.05, 3.63) is 47.4 Å². The lowest BCUT2D eigenvalue weighted by atomic mass is 9.97. The number of hydrogen-bond acceptors (Lipinski definition) is 8. The summed E-state index contributed by atoms with van der Waals surface area (Å²) in [5.74, 6) is 3.15. The van der Waals surface area contributed by atoms with Crippen molar-refractivity contribution in [2.45, 2.75) is 63.7 Å². The SMILES string of the molecule is Cc1ccc(-c2noc(CCCC(=O)N3CCC[C@H](c4nc(C5CCOCC5)no4)C3)n2)cc1. The Morgan fingerprint density at radius 1 is 1.03 bits per heavy atom. The molecule has 0 radical (unpaired) electrons. The summed E-state index contributed by atoms with van der Waals surface area (Å²) in [7, 11) is 0. The van der Waals surface area contributed by atoms with Gasteiger partial charge in [-0.3, -0.25) is 4.79 Å². The summed E-state index contributed by atoms with van der Waals surface area (Å²) in [6.45, 7) is 4.94. The quantitative estimate of drug-likeness (QED) is 0.514. The van der Waals surface area contributed by atoms with Crippen LogP contribution in [0.4, 0.5) is 0 Å². The minimum absolute atomic E-state index is 0.104. The molecule has 9 heteroatoms. The number of benzene rings is 1. The number of nitrogens with zero attached hydrogens (tertiary/aromatic N) is 5. The van der Waals surface area contributed by atoms with Crippen LogP contribution >= 0.6 is 0 Å². The summed E-state index contributed by atoms with van der Waals surface area (Å²) >= 11 is 0. The van der Waals surface area contributed by atoms with Gasteiger partial charge >= 0.3 is 0 Å². The molecule has 0 aliphatic carbocycles.